The summed E-state index contributed by atoms with van der Waals surface area (Å²) in [5, 5.41) is 11.1. The van der Waals surface area contributed by atoms with Crippen LogP contribution in [0.25, 0.3) is 16.9 Å². The summed E-state index contributed by atoms with van der Waals surface area (Å²) in [5.41, 5.74) is 3.56. The number of carbonyl (C=O) groups is 1. The van der Waals surface area contributed by atoms with Crippen molar-refractivity contribution < 1.29 is 22.4 Å². The lowest BCUT2D eigenvalue weighted by atomic mass is 10.0. The number of fused-ring (bicyclic) bond motifs is 1. The predicted octanol–water partition coefficient (Wildman–Crippen LogP) is 6.28. The molecule has 0 bridgehead atoms. The van der Waals surface area contributed by atoms with Gasteiger partial charge in [0, 0.05) is 11.6 Å². The van der Waals surface area contributed by atoms with E-state index >= 15 is 0 Å². The van der Waals surface area contributed by atoms with Crippen LogP contribution in [0.1, 0.15) is 44.3 Å². The van der Waals surface area contributed by atoms with E-state index in [0.717, 1.165) is 22.8 Å². The number of alkyl halides is 3. The molecule has 0 aliphatic rings. The van der Waals surface area contributed by atoms with Crippen LogP contribution in [0.2, 0.25) is 0 Å². The molecule has 200 valence electrons. The Labute approximate surface area is 221 Å². The summed E-state index contributed by atoms with van der Waals surface area (Å²) < 4.78 is 57.5. The molecule has 5 rings (SSSR count). The number of halogens is 4. The molecule has 0 saturated carbocycles. The molecule has 1 amide bonds. The highest BCUT2D eigenvalue weighted by Crippen LogP contribution is 2.33. The van der Waals surface area contributed by atoms with E-state index in [0.29, 0.717) is 33.7 Å². The van der Waals surface area contributed by atoms with Crippen LogP contribution in [0.5, 0.6) is 0 Å². The third kappa shape index (κ3) is 5.12. The lowest BCUT2D eigenvalue weighted by molar-refractivity contribution is -0.142. The number of nitrogens with zero attached hydrogens (tertiary/aromatic N) is 5. The highest BCUT2D eigenvalue weighted by Gasteiger charge is 2.36. The van der Waals surface area contributed by atoms with E-state index in [-0.39, 0.29) is 22.9 Å². The average molecular weight is 537 g/mol. The fourth-order valence-electron chi connectivity index (χ4n) is 4.31. The van der Waals surface area contributed by atoms with Gasteiger partial charge in [0.05, 0.1) is 29.3 Å². The van der Waals surface area contributed by atoms with Crippen LogP contribution in [0.15, 0.2) is 54.6 Å². The molecule has 11 heteroatoms. The number of nitrogens with one attached hydrogen (secondary N) is 1. The maximum absolute atomic E-state index is 14.0. The van der Waals surface area contributed by atoms with E-state index in [1.54, 1.807) is 42.8 Å². The Morgan fingerprint density at radius 2 is 1.64 bits per heavy atom. The molecule has 3 heterocycles. The van der Waals surface area contributed by atoms with Crippen LogP contribution in [0.4, 0.5) is 23.2 Å². The highest BCUT2D eigenvalue weighted by molar-refractivity contribution is 6.04. The molecule has 0 unspecified atom stereocenters. The topological polar surface area (TPSA) is 77.1 Å². The number of anilines is 1. The number of hydrogen-bond donors (Lipinski definition) is 1. The van der Waals surface area contributed by atoms with Crippen LogP contribution < -0.4 is 5.32 Å². The van der Waals surface area contributed by atoms with Crippen LogP contribution in [-0.2, 0) is 12.7 Å². The number of amides is 1. The first-order valence-corrected chi connectivity index (χ1v) is 12.1. The second-order valence-corrected chi connectivity index (χ2v) is 9.41. The molecular formula is C28H24F4N6O. The molecule has 0 aliphatic heterocycles. The first-order chi connectivity index (χ1) is 18.4. The minimum absolute atomic E-state index is 0.108. The minimum Gasteiger partial charge on any atom is -0.317 e. The lowest BCUT2D eigenvalue weighted by Gasteiger charge is -2.11. The molecule has 5 aromatic rings. The van der Waals surface area contributed by atoms with Gasteiger partial charge in [0.2, 0.25) is 0 Å². The van der Waals surface area contributed by atoms with Gasteiger partial charge >= 0.3 is 6.18 Å². The van der Waals surface area contributed by atoms with Crippen molar-refractivity contribution in [2.24, 2.45) is 0 Å². The molecule has 39 heavy (non-hydrogen) atoms. The fraction of sp³-hybridized carbons (Fsp3) is 0.214. The standard InChI is InChI=1S/C28H24F4N6O/c1-15-5-8-20(11-16(15)2)22-12-24(28(30,31)32)38-25(33-22)13-23(36-38)27(39)34-26-17(3)35-37(18(26)4)14-19-6-9-21(29)10-7-19/h5-13H,14H2,1-4H3,(H,34,39). The third-order valence-electron chi connectivity index (χ3n) is 6.62. The summed E-state index contributed by atoms with van der Waals surface area (Å²) in [6.45, 7) is 7.58. The number of rotatable bonds is 5. The monoisotopic (exact) mass is 536 g/mol. The number of aryl methyl sites for hydroxylation is 3. The SMILES string of the molecule is Cc1ccc(-c2cc(C(F)(F)F)n3nc(C(=O)Nc4c(C)nn(Cc5ccc(F)cc5)c4C)cc3n2)cc1C. The van der Waals surface area contributed by atoms with E-state index < -0.39 is 17.8 Å². The van der Waals surface area contributed by atoms with Gasteiger partial charge < -0.3 is 5.32 Å². The smallest absolute Gasteiger partial charge is 0.317 e. The summed E-state index contributed by atoms with van der Waals surface area (Å²) in [6, 6.07) is 13.4. The van der Waals surface area contributed by atoms with Crippen molar-refractivity contribution in [1.29, 1.82) is 0 Å². The van der Waals surface area contributed by atoms with Crippen LogP contribution in [-0.4, -0.2) is 30.3 Å². The van der Waals surface area contributed by atoms with Gasteiger partial charge in [-0.2, -0.15) is 23.4 Å². The van der Waals surface area contributed by atoms with Gasteiger partial charge in [0.1, 0.15) is 5.82 Å². The molecule has 0 fully saturated rings. The summed E-state index contributed by atoms with van der Waals surface area (Å²) in [4.78, 5) is 17.5. The summed E-state index contributed by atoms with van der Waals surface area (Å²) >= 11 is 0. The van der Waals surface area contributed by atoms with E-state index in [9.17, 15) is 22.4 Å². The second kappa shape index (κ2) is 9.64. The van der Waals surface area contributed by atoms with E-state index in [4.69, 9.17) is 0 Å². The van der Waals surface area contributed by atoms with Crippen molar-refractivity contribution >= 4 is 17.2 Å². The summed E-state index contributed by atoms with van der Waals surface area (Å²) in [6.07, 6.45) is -4.73. The Balaban J connectivity index is 1.48. The van der Waals surface area contributed by atoms with Gasteiger partial charge in [-0.1, -0.05) is 24.3 Å². The van der Waals surface area contributed by atoms with Gasteiger partial charge in [-0.05, 0) is 68.7 Å². The largest absolute Gasteiger partial charge is 0.433 e. The Morgan fingerprint density at radius 3 is 2.31 bits per heavy atom. The number of carbonyl (C=O) groups excluding carboxylic acids is 1. The molecule has 7 nitrogen and oxygen atoms in total. The first-order valence-electron chi connectivity index (χ1n) is 12.1. The van der Waals surface area contributed by atoms with Crippen molar-refractivity contribution in [3.05, 3.63) is 99.9 Å². The lowest BCUT2D eigenvalue weighted by Crippen LogP contribution is -2.16. The van der Waals surface area contributed by atoms with E-state index in [2.05, 4.69) is 20.5 Å². The first kappa shape index (κ1) is 26.1. The molecule has 0 radical (unpaired) electrons. The average Bonchev–Trinajstić information content (AvgIpc) is 3.42. The Bertz CT molecular complexity index is 1720. The number of aromatic nitrogens is 5. The zero-order chi connectivity index (χ0) is 28.1. The van der Waals surface area contributed by atoms with Crippen LogP contribution >= 0.6 is 0 Å². The fourth-order valence-corrected chi connectivity index (χ4v) is 4.31. The van der Waals surface area contributed by atoms with Crippen LogP contribution in [0.3, 0.4) is 0 Å². The third-order valence-corrected chi connectivity index (χ3v) is 6.62. The van der Waals surface area contributed by atoms with Crippen molar-refractivity contribution in [1.82, 2.24) is 24.4 Å². The zero-order valence-corrected chi connectivity index (χ0v) is 21.6. The van der Waals surface area contributed by atoms with Crippen molar-refractivity contribution in [3.8, 4) is 11.3 Å². The van der Waals surface area contributed by atoms with Gasteiger partial charge in [0.15, 0.2) is 17.0 Å². The van der Waals surface area contributed by atoms with Crippen molar-refractivity contribution in [3.63, 3.8) is 0 Å². The Morgan fingerprint density at radius 1 is 0.923 bits per heavy atom. The molecule has 2 aromatic carbocycles. The zero-order valence-electron chi connectivity index (χ0n) is 21.6. The van der Waals surface area contributed by atoms with Crippen molar-refractivity contribution in [2.75, 3.05) is 5.32 Å². The van der Waals surface area contributed by atoms with E-state index in [1.807, 2.05) is 19.9 Å². The number of hydrogen-bond acceptors (Lipinski definition) is 4. The van der Waals surface area contributed by atoms with Gasteiger partial charge in [-0.15, -0.1) is 0 Å². The minimum atomic E-state index is -4.73. The van der Waals surface area contributed by atoms with E-state index in [1.165, 1.54) is 18.2 Å². The quantitative estimate of drug-likeness (QED) is 0.268. The normalized spacial score (nSPS) is 11.8. The molecule has 0 spiro atoms. The molecule has 0 atom stereocenters. The highest BCUT2D eigenvalue weighted by atomic mass is 19.4. The van der Waals surface area contributed by atoms with Crippen LogP contribution in [0, 0.1) is 33.5 Å². The van der Waals surface area contributed by atoms with Crippen molar-refractivity contribution in [2.45, 2.75) is 40.4 Å². The molecule has 3 aromatic heterocycles. The molecule has 0 saturated heterocycles. The maximum atomic E-state index is 14.0. The van der Waals surface area contributed by atoms with Gasteiger partial charge in [0.25, 0.3) is 5.91 Å². The van der Waals surface area contributed by atoms with Gasteiger partial charge in [-0.25, -0.2) is 13.9 Å². The molecule has 1 N–H and O–H groups in total. The second-order valence-electron chi connectivity index (χ2n) is 9.41. The Kier molecular flexibility index (Phi) is 6.45. The summed E-state index contributed by atoms with van der Waals surface area (Å²) in [5.74, 6) is -1.05. The molecular weight excluding hydrogens is 512 g/mol. The predicted molar refractivity (Wildman–Crippen MR) is 138 cm³/mol. The maximum Gasteiger partial charge on any atom is 0.433 e. The summed E-state index contributed by atoms with van der Waals surface area (Å²) in [7, 11) is 0. The Hall–Kier alpha value is -4.54. The van der Waals surface area contributed by atoms with Gasteiger partial charge in [-0.3, -0.25) is 9.48 Å². The number of benzene rings is 2. The molecule has 0 aliphatic carbocycles.